The Morgan fingerprint density at radius 3 is 2.45 bits per heavy atom. The first-order valence-electron chi connectivity index (χ1n) is 3.27. The van der Waals surface area contributed by atoms with E-state index >= 15 is 0 Å². The maximum Gasteiger partial charge on any atom is 0.124 e. The van der Waals surface area contributed by atoms with Gasteiger partial charge in [0.2, 0.25) is 0 Å². The third-order valence-electron chi connectivity index (χ3n) is 1.27. The summed E-state index contributed by atoms with van der Waals surface area (Å²) in [6, 6.07) is 0. The number of nitrogens with zero attached hydrogens (tertiary/aromatic N) is 2. The molecule has 60 valence electrons. The Kier molecular flexibility index (Phi) is 2.25. The second-order valence-corrected chi connectivity index (χ2v) is 3.76. The highest BCUT2D eigenvalue weighted by Crippen LogP contribution is 2.14. The molecule has 0 amide bonds. The molecule has 0 atom stereocenters. The van der Waals surface area contributed by atoms with Crippen LogP contribution in [-0.4, -0.2) is 9.97 Å². The average molecular weight is 216 g/mol. The first kappa shape index (κ1) is 8.62. The Balaban J connectivity index is 3.06. The number of rotatable bonds is 1. The Bertz CT molecular complexity index is 254. The minimum atomic E-state index is -0.420. The fourth-order valence-corrected chi connectivity index (χ4v) is 0.962. The zero-order chi connectivity index (χ0) is 8.48. The van der Waals surface area contributed by atoms with Crippen molar-refractivity contribution in [1.29, 1.82) is 0 Å². The summed E-state index contributed by atoms with van der Waals surface area (Å²) in [6.45, 7) is 3.78. The van der Waals surface area contributed by atoms with Gasteiger partial charge in [0.1, 0.15) is 4.60 Å². The third-order valence-corrected chi connectivity index (χ3v) is 1.65. The molecule has 11 heavy (non-hydrogen) atoms. The van der Waals surface area contributed by atoms with Gasteiger partial charge in [0.25, 0.3) is 0 Å². The Morgan fingerprint density at radius 1 is 1.45 bits per heavy atom. The fraction of sp³-hybridized carbons (Fsp3) is 0.429. The lowest BCUT2D eigenvalue weighted by Crippen LogP contribution is -2.30. The Labute approximate surface area is 74.2 Å². The molecular formula is C7H10BrN3. The molecule has 2 N–H and O–H groups in total. The van der Waals surface area contributed by atoms with Crippen LogP contribution in [0.3, 0.4) is 0 Å². The van der Waals surface area contributed by atoms with Gasteiger partial charge in [-0.15, -0.1) is 0 Å². The highest BCUT2D eigenvalue weighted by Gasteiger charge is 2.15. The summed E-state index contributed by atoms with van der Waals surface area (Å²) >= 11 is 3.23. The van der Waals surface area contributed by atoms with E-state index in [1.54, 1.807) is 12.4 Å². The molecule has 0 saturated carbocycles. The monoisotopic (exact) mass is 215 g/mol. The van der Waals surface area contributed by atoms with Gasteiger partial charge in [-0.3, -0.25) is 4.98 Å². The van der Waals surface area contributed by atoms with Crippen LogP contribution in [0.1, 0.15) is 19.5 Å². The molecule has 1 rings (SSSR count). The van der Waals surface area contributed by atoms with E-state index in [9.17, 15) is 0 Å². The highest BCUT2D eigenvalue weighted by atomic mass is 79.9. The molecule has 1 aromatic rings. The van der Waals surface area contributed by atoms with Crippen LogP contribution in [-0.2, 0) is 5.54 Å². The molecule has 1 heterocycles. The van der Waals surface area contributed by atoms with E-state index in [0.717, 1.165) is 5.69 Å². The van der Waals surface area contributed by atoms with Crippen LogP contribution in [0.15, 0.2) is 17.0 Å². The molecule has 0 aliphatic rings. The summed E-state index contributed by atoms with van der Waals surface area (Å²) in [4.78, 5) is 8.13. The first-order chi connectivity index (χ1) is 5.00. The normalized spacial score (nSPS) is 11.6. The fourth-order valence-electron chi connectivity index (χ4n) is 0.653. The third kappa shape index (κ3) is 2.24. The zero-order valence-electron chi connectivity index (χ0n) is 6.50. The van der Waals surface area contributed by atoms with Crippen LogP contribution in [0, 0.1) is 0 Å². The Hall–Kier alpha value is -0.480. The van der Waals surface area contributed by atoms with Gasteiger partial charge in [-0.1, -0.05) is 0 Å². The number of nitrogens with two attached hydrogens (primary N) is 1. The van der Waals surface area contributed by atoms with E-state index in [4.69, 9.17) is 5.73 Å². The molecule has 0 aliphatic carbocycles. The minimum absolute atomic E-state index is 0.420. The summed E-state index contributed by atoms with van der Waals surface area (Å²) in [5.74, 6) is 0. The second kappa shape index (κ2) is 2.87. The number of halogens is 1. The van der Waals surface area contributed by atoms with Gasteiger partial charge in [0.15, 0.2) is 0 Å². The smallest absolute Gasteiger partial charge is 0.124 e. The van der Waals surface area contributed by atoms with Gasteiger partial charge >= 0.3 is 0 Å². The van der Waals surface area contributed by atoms with E-state index < -0.39 is 5.54 Å². The predicted molar refractivity (Wildman–Crippen MR) is 46.9 cm³/mol. The average Bonchev–Trinajstić information content (AvgIpc) is 1.86. The molecule has 0 aromatic carbocycles. The van der Waals surface area contributed by atoms with E-state index in [1.807, 2.05) is 13.8 Å². The summed E-state index contributed by atoms with van der Waals surface area (Å²) in [5.41, 5.74) is 6.17. The van der Waals surface area contributed by atoms with Gasteiger partial charge < -0.3 is 5.73 Å². The molecule has 0 aliphatic heterocycles. The topological polar surface area (TPSA) is 51.8 Å². The molecule has 4 heteroatoms. The molecule has 0 saturated heterocycles. The number of hydrogen-bond donors (Lipinski definition) is 1. The van der Waals surface area contributed by atoms with Crippen LogP contribution in [0.4, 0.5) is 0 Å². The van der Waals surface area contributed by atoms with Gasteiger partial charge in [-0.2, -0.15) is 0 Å². The molecule has 3 nitrogen and oxygen atoms in total. The summed E-state index contributed by atoms with van der Waals surface area (Å²) < 4.78 is 0.716. The highest BCUT2D eigenvalue weighted by molar-refractivity contribution is 9.10. The molecule has 0 fully saturated rings. The van der Waals surface area contributed by atoms with Crippen molar-refractivity contribution in [3.63, 3.8) is 0 Å². The van der Waals surface area contributed by atoms with Crippen LogP contribution < -0.4 is 5.73 Å². The molecule has 1 aromatic heterocycles. The van der Waals surface area contributed by atoms with Gasteiger partial charge in [-0.05, 0) is 29.8 Å². The Morgan fingerprint density at radius 2 is 2.09 bits per heavy atom. The summed E-state index contributed by atoms with van der Waals surface area (Å²) in [6.07, 6.45) is 3.31. The van der Waals surface area contributed by atoms with Crippen molar-refractivity contribution in [1.82, 2.24) is 9.97 Å². The minimum Gasteiger partial charge on any atom is -0.321 e. The van der Waals surface area contributed by atoms with Crippen LogP contribution in [0.25, 0.3) is 0 Å². The lowest BCUT2D eigenvalue weighted by molar-refractivity contribution is 0.531. The molecule has 0 spiro atoms. The van der Waals surface area contributed by atoms with Crippen LogP contribution in [0.5, 0.6) is 0 Å². The van der Waals surface area contributed by atoms with E-state index in [2.05, 4.69) is 25.9 Å². The van der Waals surface area contributed by atoms with Crippen molar-refractivity contribution in [3.8, 4) is 0 Å². The maximum atomic E-state index is 5.80. The lowest BCUT2D eigenvalue weighted by atomic mass is 10.0. The summed E-state index contributed by atoms with van der Waals surface area (Å²) in [5, 5.41) is 0. The summed E-state index contributed by atoms with van der Waals surface area (Å²) in [7, 11) is 0. The number of aromatic nitrogens is 2. The molecule has 0 unspecified atom stereocenters. The van der Waals surface area contributed by atoms with Crippen LogP contribution in [0.2, 0.25) is 0 Å². The van der Waals surface area contributed by atoms with Crippen molar-refractivity contribution >= 4 is 15.9 Å². The lowest BCUT2D eigenvalue weighted by Gasteiger charge is -2.16. The second-order valence-electron chi connectivity index (χ2n) is 2.95. The molecule has 0 bridgehead atoms. The van der Waals surface area contributed by atoms with E-state index in [-0.39, 0.29) is 0 Å². The van der Waals surface area contributed by atoms with Gasteiger partial charge in [0.05, 0.1) is 23.6 Å². The largest absolute Gasteiger partial charge is 0.321 e. The van der Waals surface area contributed by atoms with Crippen molar-refractivity contribution in [3.05, 3.63) is 22.7 Å². The van der Waals surface area contributed by atoms with Crippen molar-refractivity contribution in [2.45, 2.75) is 19.4 Å². The van der Waals surface area contributed by atoms with Gasteiger partial charge in [-0.25, -0.2) is 4.98 Å². The van der Waals surface area contributed by atoms with E-state index in [1.165, 1.54) is 0 Å². The van der Waals surface area contributed by atoms with E-state index in [0.29, 0.717) is 4.60 Å². The van der Waals surface area contributed by atoms with Crippen molar-refractivity contribution in [2.24, 2.45) is 5.73 Å². The molecular weight excluding hydrogens is 206 g/mol. The predicted octanol–water partition coefficient (Wildman–Crippen LogP) is 1.43. The van der Waals surface area contributed by atoms with Crippen LogP contribution >= 0.6 is 15.9 Å². The van der Waals surface area contributed by atoms with Crippen molar-refractivity contribution in [2.75, 3.05) is 0 Å². The zero-order valence-corrected chi connectivity index (χ0v) is 8.09. The SMILES string of the molecule is CC(C)(N)c1cncc(Br)n1. The number of hydrogen-bond acceptors (Lipinski definition) is 3. The maximum absolute atomic E-state index is 5.80. The first-order valence-corrected chi connectivity index (χ1v) is 4.06. The standard InChI is InChI=1S/C7H10BrN3/c1-7(2,9)5-3-10-4-6(8)11-5/h3-4H,9H2,1-2H3. The van der Waals surface area contributed by atoms with Gasteiger partial charge in [0, 0.05) is 0 Å². The quantitative estimate of drug-likeness (QED) is 0.772. The van der Waals surface area contributed by atoms with Crippen molar-refractivity contribution < 1.29 is 0 Å². The molecule has 0 radical (unpaired) electrons.